The predicted octanol–water partition coefficient (Wildman–Crippen LogP) is 4.19. The Morgan fingerprint density at radius 2 is 1.40 bits per heavy atom. The van der Waals surface area contributed by atoms with Crippen molar-refractivity contribution in [3.63, 3.8) is 0 Å². The van der Waals surface area contributed by atoms with Crippen LogP contribution in [0.25, 0.3) is 0 Å². The number of hydrogen-bond donors (Lipinski definition) is 1. The Kier molecular flexibility index (Phi) is 4.32. The molecule has 0 bridgehead atoms. The summed E-state index contributed by atoms with van der Waals surface area (Å²) < 4.78 is 0.810. The monoisotopic (exact) mass is 278 g/mol. The van der Waals surface area contributed by atoms with E-state index in [4.69, 9.17) is 0 Å². The molecule has 0 amide bonds. The molecule has 2 nitrogen and oxygen atoms in total. The first-order valence-corrected chi connectivity index (χ1v) is 7.39. The second kappa shape index (κ2) is 5.07. The highest BCUT2D eigenvalue weighted by Gasteiger charge is 2.26. The van der Waals surface area contributed by atoms with Gasteiger partial charge in [-0.1, -0.05) is 47.6 Å². The largest absolute Gasteiger partial charge is 0.507 e. The Labute approximate surface area is 125 Å². The van der Waals surface area contributed by atoms with Crippen LogP contribution in [0.5, 0.6) is 5.75 Å². The second-order valence-corrected chi connectivity index (χ2v) is 8.98. The summed E-state index contributed by atoms with van der Waals surface area (Å²) in [5.74, 6) is 0.471. The third-order valence-electron chi connectivity index (χ3n) is 3.51. The van der Waals surface area contributed by atoms with E-state index < -0.39 is 0 Å². The fraction of sp³-hybridized carbons (Fsp3) is 0.667. The van der Waals surface area contributed by atoms with Gasteiger partial charge in [0, 0.05) is 11.1 Å². The van der Waals surface area contributed by atoms with E-state index in [-0.39, 0.29) is 10.8 Å². The standard InChI is InChI=1S/C18H31NO/c1-17(2,3)14-10-13(12-19(7,8)9)16(20)15(11-14)18(4,5)6/h10-11H,12H2,1-9H3/p+1. The molecular formula is C18H32NO+. The van der Waals surface area contributed by atoms with Crippen molar-refractivity contribution >= 4 is 0 Å². The molecule has 0 unspecified atom stereocenters. The van der Waals surface area contributed by atoms with Gasteiger partial charge in [0.05, 0.1) is 21.1 Å². The number of aromatic hydroxyl groups is 1. The second-order valence-electron chi connectivity index (χ2n) is 8.98. The lowest BCUT2D eigenvalue weighted by molar-refractivity contribution is -0.884. The Balaban J connectivity index is 3.51. The highest BCUT2D eigenvalue weighted by atomic mass is 16.3. The van der Waals surface area contributed by atoms with Gasteiger partial charge >= 0.3 is 0 Å². The first-order valence-electron chi connectivity index (χ1n) is 7.39. The summed E-state index contributed by atoms with van der Waals surface area (Å²) in [5.41, 5.74) is 3.44. The Morgan fingerprint density at radius 3 is 1.75 bits per heavy atom. The van der Waals surface area contributed by atoms with Gasteiger partial charge in [-0.3, -0.25) is 0 Å². The van der Waals surface area contributed by atoms with Crippen molar-refractivity contribution in [2.75, 3.05) is 21.1 Å². The maximum absolute atomic E-state index is 10.7. The van der Waals surface area contributed by atoms with E-state index in [0.717, 1.165) is 22.2 Å². The summed E-state index contributed by atoms with van der Waals surface area (Å²) in [6, 6.07) is 4.35. The molecule has 0 aliphatic carbocycles. The molecule has 0 aromatic heterocycles. The molecule has 1 aromatic rings. The van der Waals surface area contributed by atoms with Gasteiger partial charge in [-0.05, 0) is 22.5 Å². The first-order chi connectivity index (χ1) is 8.72. The molecular weight excluding hydrogens is 246 g/mol. The molecule has 0 atom stereocenters. The zero-order valence-electron chi connectivity index (χ0n) is 14.8. The summed E-state index contributed by atoms with van der Waals surface area (Å²) in [6.07, 6.45) is 0. The maximum Gasteiger partial charge on any atom is 0.128 e. The van der Waals surface area contributed by atoms with Crippen LogP contribution in [0.4, 0.5) is 0 Å². The summed E-state index contributed by atoms with van der Waals surface area (Å²) in [7, 11) is 6.46. The lowest BCUT2D eigenvalue weighted by Gasteiger charge is -2.30. The van der Waals surface area contributed by atoms with Crippen LogP contribution in [0.1, 0.15) is 58.2 Å². The zero-order valence-corrected chi connectivity index (χ0v) is 14.8. The van der Waals surface area contributed by atoms with Crippen molar-refractivity contribution in [2.45, 2.75) is 58.9 Å². The lowest BCUT2D eigenvalue weighted by atomic mass is 9.79. The summed E-state index contributed by atoms with van der Waals surface area (Å²) in [5, 5.41) is 10.7. The number of phenolic OH excluding ortho intramolecular Hbond substituents is 1. The minimum atomic E-state index is -0.0506. The number of quaternary nitrogens is 1. The van der Waals surface area contributed by atoms with Crippen molar-refractivity contribution in [2.24, 2.45) is 0 Å². The first kappa shape index (κ1) is 17.0. The number of nitrogens with zero attached hydrogens (tertiary/aromatic N) is 1. The van der Waals surface area contributed by atoms with Gasteiger partial charge in [0.1, 0.15) is 12.3 Å². The fourth-order valence-electron chi connectivity index (χ4n) is 2.33. The summed E-state index contributed by atoms with van der Waals surface area (Å²) in [6.45, 7) is 14.0. The van der Waals surface area contributed by atoms with Crippen molar-refractivity contribution in [3.05, 3.63) is 28.8 Å². The normalized spacial score (nSPS) is 13.7. The van der Waals surface area contributed by atoms with Crippen LogP contribution in [0.15, 0.2) is 12.1 Å². The third kappa shape index (κ3) is 4.24. The van der Waals surface area contributed by atoms with E-state index in [1.54, 1.807) is 0 Å². The number of rotatable bonds is 2. The smallest absolute Gasteiger partial charge is 0.128 e. The zero-order chi connectivity index (χ0) is 15.9. The van der Waals surface area contributed by atoms with Crippen LogP contribution in [-0.4, -0.2) is 30.7 Å². The molecule has 0 saturated carbocycles. The van der Waals surface area contributed by atoms with Crippen molar-refractivity contribution in [1.82, 2.24) is 0 Å². The average Bonchev–Trinajstić information content (AvgIpc) is 2.15. The van der Waals surface area contributed by atoms with Gasteiger partial charge in [-0.2, -0.15) is 0 Å². The minimum Gasteiger partial charge on any atom is -0.507 e. The molecule has 0 heterocycles. The summed E-state index contributed by atoms with van der Waals surface area (Å²) in [4.78, 5) is 0. The summed E-state index contributed by atoms with van der Waals surface area (Å²) >= 11 is 0. The molecule has 20 heavy (non-hydrogen) atoms. The van der Waals surface area contributed by atoms with Crippen molar-refractivity contribution < 1.29 is 9.59 Å². The molecule has 1 N–H and O–H groups in total. The minimum absolute atomic E-state index is 0.0506. The SMILES string of the molecule is CC(C)(C)c1cc(C[N+](C)(C)C)c(O)c(C(C)(C)C)c1. The molecule has 1 rings (SSSR count). The number of phenols is 1. The Hall–Kier alpha value is -1.02. The van der Waals surface area contributed by atoms with E-state index in [1.807, 2.05) is 0 Å². The molecule has 0 radical (unpaired) electrons. The fourth-order valence-corrected chi connectivity index (χ4v) is 2.33. The molecule has 1 aromatic carbocycles. The average molecular weight is 278 g/mol. The van der Waals surface area contributed by atoms with Gasteiger partial charge in [0.2, 0.25) is 0 Å². The van der Waals surface area contributed by atoms with Crippen LogP contribution >= 0.6 is 0 Å². The topological polar surface area (TPSA) is 20.2 Å². The van der Waals surface area contributed by atoms with E-state index in [2.05, 4.69) is 74.8 Å². The van der Waals surface area contributed by atoms with E-state index >= 15 is 0 Å². The van der Waals surface area contributed by atoms with E-state index in [0.29, 0.717) is 5.75 Å². The van der Waals surface area contributed by atoms with Crippen molar-refractivity contribution in [1.29, 1.82) is 0 Å². The number of benzene rings is 1. The van der Waals surface area contributed by atoms with Crippen molar-refractivity contribution in [3.8, 4) is 5.75 Å². The molecule has 114 valence electrons. The highest BCUT2D eigenvalue weighted by Crippen LogP contribution is 2.38. The lowest BCUT2D eigenvalue weighted by Crippen LogP contribution is -2.33. The third-order valence-corrected chi connectivity index (χ3v) is 3.51. The predicted molar refractivity (Wildman–Crippen MR) is 87.2 cm³/mol. The van der Waals surface area contributed by atoms with Crippen LogP contribution in [0.3, 0.4) is 0 Å². The van der Waals surface area contributed by atoms with Gasteiger partial charge in [0.25, 0.3) is 0 Å². The molecule has 0 spiro atoms. The number of hydrogen-bond acceptors (Lipinski definition) is 1. The Bertz CT molecular complexity index is 482. The van der Waals surface area contributed by atoms with Crippen LogP contribution < -0.4 is 0 Å². The quantitative estimate of drug-likeness (QED) is 0.804. The molecule has 0 aliphatic rings. The van der Waals surface area contributed by atoms with Gasteiger partial charge in [0.15, 0.2) is 0 Å². The van der Waals surface area contributed by atoms with Gasteiger partial charge in [-0.15, -0.1) is 0 Å². The van der Waals surface area contributed by atoms with E-state index in [1.165, 1.54) is 5.56 Å². The molecule has 0 aliphatic heterocycles. The molecule has 2 heteroatoms. The molecule has 0 saturated heterocycles. The molecule has 0 fully saturated rings. The highest BCUT2D eigenvalue weighted by molar-refractivity contribution is 5.48. The van der Waals surface area contributed by atoms with Crippen LogP contribution in [-0.2, 0) is 17.4 Å². The van der Waals surface area contributed by atoms with Crippen LogP contribution in [0, 0.1) is 0 Å². The van der Waals surface area contributed by atoms with E-state index in [9.17, 15) is 5.11 Å². The Morgan fingerprint density at radius 1 is 0.900 bits per heavy atom. The van der Waals surface area contributed by atoms with Gasteiger partial charge in [-0.25, -0.2) is 0 Å². The maximum atomic E-state index is 10.7. The van der Waals surface area contributed by atoms with Crippen LogP contribution in [0.2, 0.25) is 0 Å². The van der Waals surface area contributed by atoms with Gasteiger partial charge < -0.3 is 9.59 Å².